The Morgan fingerprint density at radius 2 is 2.20 bits per heavy atom. The molecule has 7 heteroatoms. The van der Waals surface area contributed by atoms with Crippen molar-refractivity contribution >= 4 is 29.1 Å². The Labute approximate surface area is 126 Å². The molecule has 0 aliphatic heterocycles. The Hall–Kier alpha value is -1.59. The number of nitrogens with zero attached hydrogens (tertiary/aromatic N) is 3. The van der Waals surface area contributed by atoms with E-state index in [-0.39, 0.29) is 11.9 Å². The van der Waals surface area contributed by atoms with Gasteiger partial charge in [0, 0.05) is 6.42 Å². The SMILES string of the molecule is C[C@@H](NC(=O)CCn1cncn1)c1ccc(Cl)c(Cl)c1. The van der Waals surface area contributed by atoms with E-state index in [0.29, 0.717) is 23.0 Å². The van der Waals surface area contributed by atoms with E-state index in [0.717, 1.165) is 5.56 Å². The predicted octanol–water partition coefficient (Wildman–Crippen LogP) is 2.85. The van der Waals surface area contributed by atoms with Gasteiger partial charge in [0.1, 0.15) is 12.7 Å². The molecule has 1 amide bonds. The second-order valence-corrected chi connectivity index (χ2v) is 5.19. The van der Waals surface area contributed by atoms with Crippen LogP contribution in [0.1, 0.15) is 24.9 Å². The van der Waals surface area contributed by atoms with Gasteiger partial charge in [-0.15, -0.1) is 0 Å². The number of aryl methyl sites for hydroxylation is 1. The van der Waals surface area contributed by atoms with Crippen LogP contribution in [0.5, 0.6) is 0 Å². The van der Waals surface area contributed by atoms with Crippen molar-refractivity contribution in [2.45, 2.75) is 25.9 Å². The maximum atomic E-state index is 11.8. The first-order valence-corrected chi connectivity index (χ1v) is 6.88. The number of aromatic nitrogens is 3. The summed E-state index contributed by atoms with van der Waals surface area (Å²) in [7, 11) is 0. The minimum Gasteiger partial charge on any atom is -0.350 e. The van der Waals surface area contributed by atoms with Crippen molar-refractivity contribution in [3.8, 4) is 0 Å². The summed E-state index contributed by atoms with van der Waals surface area (Å²) in [5.41, 5.74) is 0.911. The molecule has 20 heavy (non-hydrogen) atoms. The Bertz CT molecular complexity index is 586. The second-order valence-electron chi connectivity index (χ2n) is 4.37. The van der Waals surface area contributed by atoms with Crippen LogP contribution in [-0.4, -0.2) is 20.7 Å². The molecule has 0 fully saturated rings. The maximum absolute atomic E-state index is 11.8. The Morgan fingerprint density at radius 3 is 2.85 bits per heavy atom. The Kier molecular flexibility index (Phi) is 4.98. The molecule has 2 aromatic rings. The molecule has 1 aromatic carbocycles. The smallest absolute Gasteiger partial charge is 0.222 e. The third-order valence-electron chi connectivity index (χ3n) is 2.86. The minimum atomic E-state index is -0.131. The molecule has 1 heterocycles. The van der Waals surface area contributed by atoms with Crippen molar-refractivity contribution < 1.29 is 4.79 Å². The number of nitrogens with one attached hydrogen (secondary N) is 1. The van der Waals surface area contributed by atoms with Gasteiger partial charge >= 0.3 is 0 Å². The van der Waals surface area contributed by atoms with Crippen LogP contribution in [0.15, 0.2) is 30.9 Å². The van der Waals surface area contributed by atoms with Gasteiger partial charge in [-0.25, -0.2) is 4.98 Å². The molecule has 1 N–H and O–H groups in total. The molecule has 0 aliphatic rings. The van der Waals surface area contributed by atoms with Crippen molar-refractivity contribution in [3.63, 3.8) is 0 Å². The fourth-order valence-corrected chi connectivity index (χ4v) is 2.05. The van der Waals surface area contributed by atoms with Crippen LogP contribution in [-0.2, 0) is 11.3 Å². The van der Waals surface area contributed by atoms with Crippen molar-refractivity contribution in [3.05, 3.63) is 46.5 Å². The molecule has 0 saturated carbocycles. The normalized spacial score (nSPS) is 12.2. The molecular formula is C13H14Cl2N4O. The standard InChI is InChI=1S/C13H14Cl2N4O/c1-9(10-2-3-11(14)12(15)6-10)18-13(20)4-5-19-8-16-7-17-19/h2-3,6-9H,4-5H2,1H3,(H,18,20)/t9-/m1/s1. The van der Waals surface area contributed by atoms with Gasteiger partial charge in [0.15, 0.2) is 0 Å². The van der Waals surface area contributed by atoms with Crippen LogP contribution in [0.4, 0.5) is 0 Å². The van der Waals surface area contributed by atoms with Gasteiger partial charge in [-0.3, -0.25) is 9.48 Å². The molecular weight excluding hydrogens is 299 g/mol. The molecule has 0 spiro atoms. The van der Waals surface area contributed by atoms with Crippen molar-refractivity contribution in [1.82, 2.24) is 20.1 Å². The molecule has 0 bridgehead atoms. The number of hydrogen-bond acceptors (Lipinski definition) is 3. The molecule has 2 rings (SSSR count). The molecule has 106 valence electrons. The van der Waals surface area contributed by atoms with E-state index in [9.17, 15) is 4.79 Å². The third kappa shape index (κ3) is 3.95. The number of carbonyl (C=O) groups excluding carboxylic acids is 1. The quantitative estimate of drug-likeness (QED) is 0.923. The van der Waals surface area contributed by atoms with E-state index in [1.807, 2.05) is 13.0 Å². The van der Waals surface area contributed by atoms with Gasteiger partial charge in [0.25, 0.3) is 0 Å². The van der Waals surface area contributed by atoms with Crippen LogP contribution in [0, 0.1) is 0 Å². The Balaban J connectivity index is 1.88. The van der Waals surface area contributed by atoms with E-state index in [1.165, 1.54) is 6.33 Å². The second kappa shape index (κ2) is 6.72. The topological polar surface area (TPSA) is 59.8 Å². The molecule has 0 saturated heterocycles. The molecule has 0 radical (unpaired) electrons. The van der Waals surface area contributed by atoms with E-state index >= 15 is 0 Å². The molecule has 0 aliphatic carbocycles. The zero-order valence-corrected chi connectivity index (χ0v) is 12.4. The summed E-state index contributed by atoms with van der Waals surface area (Å²) in [5, 5.41) is 7.82. The van der Waals surface area contributed by atoms with Crippen LogP contribution < -0.4 is 5.32 Å². The molecule has 1 aromatic heterocycles. The first kappa shape index (κ1) is 14.8. The van der Waals surface area contributed by atoms with Gasteiger partial charge in [0.05, 0.1) is 22.6 Å². The summed E-state index contributed by atoms with van der Waals surface area (Å²) in [6.07, 6.45) is 3.36. The third-order valence-corrected chi connectivity index (χ3v) is 3.59. The fraction of sp³-hybridized carbons (Fsp3) is 0.308. The van der Waals surface area contributed by atoms with E-state index in [2.05, 4.69) is 15.4 Å². The summed E-state index contributed by atoms with van der Waals surface area (Å²) in [4.78, 5) is 15.7. The minimum absolute atomic E-state index is 0.0564. The lowest BCUT2D eigenvalue weighted by molar-refractivity contribution is -0.122. The highest BCUT2D eigenvalue weighted by Crippen LogP contribution is 2.25. The summed E-state index contributed by atoms with van der Waals surface area (Å²) >= 11 is 11.8. The fourth-order valence-electron chi connectivity index (χ4n) is 1.74. The average Bonchev–Trinajstić information content (AvgIpc) is 2.92. The zero-order valence-electron chi connectivity index (χ0n) is 10.9. The van der Waals surface area contributed by atoms with Gasteiger partial charge < -0.3 is 5.32 Å². The summed E-state index contributed by atoms with van der Waals surface area (Å²) in [6.45, 7) is 2.40. The van der Waals surface area contributed by atoms with Crippen LogP contribution in [0.2, 0.25) is 10.0 Å². The maximum Gasteiger partial charge on any atom is 0.222 e. The number of benzene rings is 1. The first-order chi connectivity index (χ1) is 9.56. The first-order valence-electron chi connectivity index (χ1n) is 6.13. The molecule has 1 atom stereocenters. The summed E-state index contributed by atoms with van der Waals surface area (Å²) in [5.74, 6) is -0.0564. The van der Waals surface area contributed by atoms with Gasteiger partial charge in [0.2, 0.25) is 5.91 Å². The van der Waals surface area contributed by atoms with Crippen LogP contribution in [0.25, 0.3) is 0 Å². The highest BCUT2D eigenvalue weighted by atomic mass is 35.5. The van der Waals surface area contributed by atoms with Crippen molar-refractivity contribution in [1.29, 1.82) is 0 Å². The highest BCUT2D eigenvalue weighted by Gasteiger charge is 2.11. The van der Waals surface area contributed by atoms with Crippen LogP contribution >= 0.6 is 23.2 Å². The van der Waals surface area contributed by atoms with E-state index in [1.54, 1.807) is 23.1 Å². The number of hydrogen-bond donors (Lipinski definition) is 1. The predicted molar refractivity (Wildman–Crippen MR) is 77.7 cm³/mol. The summed E-state index contributed by atoms with van der Waals surface area (Å²) < 4.78 is 1.61. The molecule has 5 nitrogen and oxygen atoms in total. The molecule has 0 unspecified atom stereocenters. The zero-order chi connectivity index (χ0) is 14.5. The Morgan fingerprint density at radius 1 is 1.40 bits per heavy atom. The van der Waals surface area contributed by atoms with E-state index < -0.39 is 0 Å². The lowest BCUT2D eigenvalue weighted by Crippen LogP contribution is -2.27. The number of amides is 1. The lowest BCUT2D eigenvalue weighted by Gasteiger charge is -2.15. The van der Waals surface area contributed by atoms with Crippen LogP contribution in [0.3, 0.4) is 0 Å². The van der Waals surface area contributed by atoms with Gasteiger partial charge in [-0.05, 0) is 24.6 Å². The monoisotopic (exact) mass is 312 g/mol. The number of halogens is 2. The number of rotatable bonds is 5. The van der Waals surface area contributed by atoms with Crippen molar-refractivity contribution in [2.24, 2.45) is 0 Å². The summed E-state index contributed by atoms with van der Waals surface area (Å²) in [6, 6.07) is 5.19. The van der Waals surface area contributed by atoms with E-state index in [4.69, 9.17) is 23.2 Å². The highest BCUT2D eigenvalue weighted by molar-refractivity contribution is 6.42. The average molecular weight is 313 g/mol. The van der Waals surface area contributed by atoms with Crippen molar-refractivity contribution in [2.75, 3.05) is 0 Å². The van der Waals surface area contributed by atoms with Gasteiger partial charge in [-0.1, -0.05) is 29.3 Å². The van der Waals surface area contributed by atoms with Gasteiger partial charge in [-0.2, -0.15) is 5.10 Å². The lowest BCUT2D eigenvalue weighted by atomic mass is 10.1. The largest absolute Gasteiger partial charge is 0.350 e. The number of carbonyl (C=O) groups is 1.